The van der Waals surface area contributed by atoms with Crippen LogP contribution < -0.4 is 0 Å². The van der Waals surface area contributed by atoms with Gasteiger partial charge in [-0.05, 0) is 29.8 Å². The van der Waals surface area contributed by atoms with Crippen molar-refractivity contribution in [2.24, 2.45) is 0 Å². The Morgan fingerprint density at radius 1 is 1.05 bits per heavy atom. The standard InChI is InChI=1S/C17H16FNO3/c1-22-16(20)12-19(11-13-5-3-2-4-6-13)17(21)14-7-9-15(18)10-8-14/h2-10H,11-12H2,1H3. The summed E-state index contributed by atoms with van der Waals surface area (Å²) >= 11 is 0. The smallest absolute Gasteiger partial charge is 0.325 e. The quantitative estimate of drug-likeness (QED) is 0.798. The first-order chi connectivity index (χ1) is 10.6. The summed E-state index contributed by atoms with van der Waals surface area (Å²) in [6, 6.07) is 14.5. The molecule has 4 nitrogen and oxygen atoms in total. The van der Waals surface area contributed by atoms with Gasteiger partial charge in [0, 0.05) is 12.1 Å². The SMILES string of the molecule is COC(=O)CN(Cc1ccccc1)C(=O)c1ccc(F)cc1. The zero-order valence-corrected chi connectivity index (χ0v) is 12.2. The zero-order valence-electron chi connectivity index (χ0n) is 12.2. The van der Waals surface area contributed by atoms with Crippen molar-refractivity contribution in [2.45, 2.75) is 6.54 Å². The van der Waals surface area contributed by atoms with Crippen LogP contribution in [0.25, 0.3) is 0 Å². The van der Waals surface area contributed by atoms with E-state index in [2.05, 4.69) is 4.74 Å². The fourth-order valence-corrected chi connectivity index (χ4v) is 2.00. The molecule has 0 saturated heterocycles. The molecule has 0 unspecified atom stereocenters. The normalized spacial score (nSPS) is 10.1. The number of carbonyl (C=O) groups is 2. The lowest BCUT2D eigenvalue weighted by Gasteiger charge is -2.21. The summed E-state index contributed by atoms with van der Waals surface area (Å²) in [6.07, 6.45) is 0. The second-order valence-corrected chi connectivity index (χ2v) is 4.73. The number of esters is 1. The van der Waals surface area contributed by atoms with Gasteiger partial charge < -0.3 is 9.64 Å². The summed E-state index contributed by atoms with van der Waals surface area (Å²) in [4.78, 5) is 25.4. The molecule has 0 atom stereocenters. The van der Waals surface area contributed by atoms with E-state index in [0.717, 1.165) is 5.56 Å². The molecule has 0 radical (unpaired) electrons. The van der Waals surface area contributed by atoms with Crippen molar-refractivity contribution in [3.05, 3.63) is 71.5 Å². The van der Waals surface area contributed by atoms with Gasteiger partial charge in [-0.1, -0.05) is 30.3 Å². The second kappa shape index (κ2) is 7.36. The third-order valence-corrected chi connectivity index (χ3v) is 3.14. The number of hydrogen-bond acceptors (Lipinski definition) is 3. The molecule has 22 heavy (non-hydrogen) atoms. The van der Waals surface area contributed by atoms with Crippen molar-refractivity contribution in [2.75, 3.05) is 13.7 Å². The molecular formula is C17H16FNO3. The number of benzene rings is 2. The monoisotopic (exact) mass is 301 g/mol. The highest BCUT2D eigenvalue weighted by Crippen LogP contribution is 2.11. The molecule has 2 rings (SSSR count). The van der Waals surface area contributed by atoms with Crippen LogP contribution in [0.2, 0.25) is 0 Å². The number of nitrogens with zero attached hydrogens (tertiary/aromatic N) is 1. The topological polar surface area (TPSA) is 46.6 Å². The van der Waals surface area contributed by atoms with E-state index in [9.17, 15) is 14.0 Å². The third-order valence-electron chi connectivity index (χ3n) is 3.14. The van der Waals surface area contributed by atoms with E-state index in [1.54, 1.807) is 0 Å². The van der Waals surface area contributed by atoms with Gasteiger partial charge in [-0.3, -0.25) is 9.59 Å². The number of carbonyl (C=O) groups excluding carboxylic acids is 2. The van der Waals surface area contributed by atoms with Crippen LogP contribution >= 0.6 is 0 Å². The fraction of sp³-hybridized carbons (Fsp3) is 0.176. The first-order valence-electron chi connectivity index (χ1n) is 6.75. The Morgan fingerprint density at radius 3 is 2.27 bits per heavy atom. The van der Waals surface area contributed by atoms with Crippen molar-refractivity contribution >= 4 is 11.9 Å². The first-order valence-corrected chi connectivity index (χ1v) is 6.75. The lowest BCUT2D eigenvalue weighted by atomic mass is 10.1. The molecule has 0 aliphatic heterocycles. The minimum atomic E-state index is -0.508. The maximum Gasteiger partial charge on any atom is 0.325 e. The molecular weight excluding hydrogens is 285 g/mol. The van der Waals surface area contributed by atoms with Crippen LogP contribution in [0.4, 0.5) is 4.39 Å². The maximum atomic E-state index is 13.0. The molecule has 0 aliphatic carbocycles. The van der Waals surface area contributed by atoms with Gasteiger partial charge in [0.1, 0.15) is 12.4 Å². The molecule has 1 amide bonds. The van der Waals surface area contributed by atoms with E-state index in [4.69, 9.17) is 0 Å². The van der Waals surface area contributed by atoms with Crippen LogP contribution in [0.5, 0.6) is 0 Å². The van der Waals surface area contributed by atoms with Gasteiger partial charge >= 0.3 is 5.97 Å². The lowest BCUT2D eigenvalue weighted by molar-refractivity contribution is -0.141. The highest BCUT2D eigenvalue weighted by Gasteiger charge is 2.19. The Balaban J connectivity index is 2.21. The maximum absolute atomic E-state index is 13.0. The molecule has 0 heterocycles. The minimum absolute atomic E-state index is 0.165. The number of amides is 1. The van der Waals surface area contributed by atoms with Gasteiger partial charge in [-0.2, -0.15) is 0 Å². The lowest BCUT2D eigenvalue weighted by Crippen LogP contribution is -2.35. The Morgan fingerprint density at radius 2 is 1.68 bits per heavy atom. The number of ether oxygens (including phenoxy) is 1. The van der Waals surface area contributed by atoms with Crippen LogP contribution in [-0.4, -0.2) is 30.4 Å². The molecule has 0 N–H and O–H groups in total. The Kier molecular flexibility index (Phi) is 5.25. The summed E-state index contributed by atoms with van der Waals surface area (Å²) in [6.45, 7) is 0.105. The summed E-state index contributed by atoms with van der Waals surface area (Å²) < 4.78 is 17.6. The van der Waals surface area contributed by atoms with E-state index in [1.165, 1.54) is 36.3 Å². The first kappa shape index (κ1) is 15.7. The van der Waals surface area contributed by atoms with E-state index >= 15 is 0 Å². The third kappa shape index (κ3) is 4.15. The zero-order chi connectivity index (χ0) is 15.9. The highest BCUT2D eigenvalue weighted by atomic mass is 19.1. The van der Waals surface area contributed by atoms with Crippen molar-refractivity contribution in [1.29, 1.82) is 0 Å². The summed E-state index contributed by atoms with van der Waals surface area (Å²) in [7, 11) is 1.27. The van der Waals surface area contributed by atoms with Crippen LogP contribution in [-0.2, 0) is 16.1 Å². The average molecular weight is 301 g/mol. The van der Waals surface area contributed by atoms with Crippen LogP contribution in [0.1, 0.15) is 15.9 Å². The van der Waals surface area contributed by atoms with E-state index in [0.29, 0.717) is 5.56 Å². The molecule has 0 saturated carbocycles. The minimum Gasteiger partial charge on any atom is -0.468 e. The molecule has 0 spiro atoms. The number of methoxy groups -OCH3 is 1. The Bertz CT molecular complexity index is 641. The van der Waals surface area contributed by atoms with Crippen molar-refractivity contribution in [3.63, 3.8) is 0 Å². The molecule has 0 aromatic heterocycles. The van der Waals surface area contributed by atoms with Crippen molar-refractivity contribution in [1.82, 2.24) is 4.90 Å². The summed E-state index contributed by atoms with van der Waals surface area (Å²) in [5.74, 6) is -1.28. The van der Waals surface area contributed by atoms with Crippen molar-refractivity contribution < 1.29 is 18.7 Å². The molecule has 2 aromatic rings. The molecule has 0 aliphatic rings. The summed E-state index contributed by atoms with van der Waals surface area (Å²) in [5, 5.41) is 0. The van der Waals surface area contributed by atoms with E-state index < -0.39 is 11.8 Å². The van der Waals surface area contributed by atoms with Gasteiger partial charge in [-0.25, -0.2) is 4.39 Å². The van der Waals surface area contributed by atoms with Crippen LogP contribution in [0.3, 0.4) is 0 Å². The fourth-order valence-electron chi connectivity index (χ4n) is 2.00. The molecule has 5 heteroatoms. The predicted molar refractivity (Wildman–Crippen MR) is 79.6 cm³/mol. The van der Waals surface area contributed by atoms with Gasteiger partial charge in [0.05, 0.1) is 7.11 Å². The van der Waals surface area contributed by atoms with E-state index in [1.807, 2.05) is 30.3 Å². The van der Waals surface area contributed by atoms with Gasteiger partial charge in [0.15, 0.2) is 0 Å². The molecule has 2 aromatic carbocycles. The van der Waals surface area contributed by atoms with Crippen LogP contribution in [0, 0.1) is 5.82 Å². The average Bonchev–Trinajstić information content (AvgIpc) is 2.55. The van der Waals surface area contributed by atoms with Gasteiger partial charge in [0.2, 0.25) is 0 Å². The second-order valence-electron chi connectivity index (χ2n) is 4.73. The Hall–Kier alpha value is -2.69. The largest absolute Gasteiger partial charge is 0.468 e. The molecule has 114 valence electrons. The predicted octanol–water partition coefficient (Wildman–Crippen LogP) is 2.64. The summed E-state index contributed by atoms with van der Waals surface area (Å²) in [5.41, 5.74) is 1.21. The number of halogens is 1. The number of rotatable bonds is 5. The van der Waals surface area contributed by atoms with Crippen molar-refractivity contribution in [3.8, 4) is 0 Å². The van der Waals surface area contributed by atoms with Gasteiger partial charge in [0.25, 0.3) is 5.91 Å². The molecule has 0 fully saturated rings. The number of hydrogen-bond donors (Lipinski definition) is 0. The van der Waals surface area contributed by atoms with E-state index in [-0.39, 0.29) is 19.0 Å². The van der Waals surface area contributed by atoms with Crippen LogP contribution in [0.15, 0.2) is 54.6 Å². The Labute approximate surface area is 128 Å². The molecule has 0 bridgehead atoms. The van der Waals surface area contributed by atoms with Gasteiger partial charge in [-0.15, -0.1) is 0 Å². The highest BCUT2D eigenvalue weighted by molar-refractivity contribution is 5.95.